The minimum absolute atomic E-state index is 0.0628. The number of methoxy groups -OCH3 is 1. The smallest absolute Gasteiger partial charge is 0.251 e. The maximum atomic E-state index is 11.5. The molecule has 1 rings (SSSR count). The van der Waals surface area contributed by atoms with E-state index < -0.39 is 0 Å². The third-order valence-corrected chi connectivity index (χ3v) is 2.05. The molecule has 1 aromatic carbocycles. The number of ether oxygens (including phenoxy) is 1. The summed E-state index contributed by atoms with van der Waals surface area (Å²) in [5.41, 5.74) is 0.605. The number of amides is 1. The van der Waals surface area contributed by atoms with Crippen LogP contribution in [0.15, 0.2) is 24.3 Å². The summed E-state index contributed by atoms with van der Waals surface area (Å²) >= 11 is 5.72. The Morgan fingerprint density at radius 3 is 2.53 bits per heavy atom. The Morgan fingerprint density at radius 2 is 2.07 bits per heavy atom. The van der Waals surface area contributed by atoms with E-state index in [-0.39, 0.29) is 11.3 Å². The predicted octanol–water partition coefficient (Wildman–Crippen LogP) is 2.05. The summed E-state index contributed by atoms with van der Waals surface area (Å²) < 4.78 is 4.99. The lowest BCUT2D eigenvalue weighted by Crippen LogP contribution is -2.28. The number of carbonyl (C=O) groups excluding carboxylic acids is 1. The first-order valence-electron chi connectivity index (χ1n) is 4.70. The summed E-state index contributed by atoms with van der Waals surface area (Å²) in [5.74, 6) is 0.613. The van der Waals surface area contributed by atoms with Gasteiger partial charge in [-0.25, -0.2) is 0 Å². The van der Waals surface area contributed by atoms with E-state index in [1.54, 1.807) is 31.4 Å². The summed E-state index contributed by atoms with van der Waals surface area (Å²) in [4.78, 5) is 11.5. The molecule has 0 aliphatic carbocycles. The lowest BCUT2D eigenvalue weighted by molar-refractivity contribution is 0.0954. The van der Waals surface area contributed by atoms with Crippen LogP contribution in [0.1, 0.15) is 17.3 Å². The van der Waals surface area contributed by atoms with E-state index >= 15 is 0 Å². The van der Waals surface area contributed by atoms with Crippen LogP contribution in [0, 0.1) is 0 Å². The highest BCUT2D eigenvalue weighted by atomic mass is 35.5. The molecular formula is C11H14ClNO2. The maximum Gasteiger partial charge on any atom is 0.251 e. The zero-order valence-corrected chi connectivity index (χ0v) is 9.54. The minimum atomic E-state index is -0.120. The van der Waals surface area contributed by atoms with Crippen LogP contribution in [0.4, 0.5) is 0 Å². The van der Waals surface area contributed by atoms with Gasteiger partial charge in [-0.1, -0.05) is 0 Å². The second-order valence-electron chi connectivity index (χ2n) is 3.22. The van der Waals surface area contributed by atoms with Crippen molar-refractivity contribution in [2.75, 3.05) is 13.7 Å². The van der Waals surface area contributed by atoms with Crippen molar-refractivity contribution in [2.45, 2.75) is 12.3 Å². The zero-order valence-electron chi connectivity index (χ0n) is 8.79. The lowest BCUT2D eigenvalue weighted by Gasteiger charge is -2.06. The van der Waals surface area contributed by atoms with Crippen molar-refractivity contribution in [2.24, 2.45) is 0 Å². The molecule has 15 heavy (non-hydrogen) atoms. The van der Waals surface area contributed by atoms with Crippen molar-refractivity contribution in [3.8, 4) is 5.75 Å². The Kier molecular flexibility index (Phi) is 4.43. The molecule has 0 radical (unpaired) electrons. The number of rotatable bonds is 4. The topological polar surface area (TPSA) is 38.3 Å². The van der Waals surface area contributed by atoms with Gasteiger partial charge in [-0.15, -0.1) is 11.6 Å². The van der Waals surface area contributed by atoms with Crippen molar-refractivity contribution in [3.63, 3.8) is 0 Å². The molecule has 1 amide bonds. The third kappa shape index (κ3) is 3.80. The first-order chi connectivity index (χ1) is 7.13. The number of carbonyl (C=O) groups is 1. The first kappa shape index (κ1) is 11.9. The number of nitrogens with one attached hydrogen (secondary N) is 1. The van der Waals surface area contributed by atoms with E-state index in [0.29, 0.717) is 12.1 Å². The van der Waals surface area contributed by atoms with E-state index in [2.05, 4.69) is 5.32 Å². The normalized spacial score (nSPS) is 11.9. The molecule has 0 saturated heterocycles. The fraction of sp³-hybridized carbons (Fsp3) is 0.364. The van der Waals surface area contributed by atoms with E-state index in [0.717, 1.165) is 5.75 Å². The number of hydrogen-bond donors (Lipinski definition) is 1. The van der Waals surface area contributed by atoms with E-state index in [9.17, 15) is 4.79 Å². The third-order valence-electron chi connectivity index (χ3n) is 1.90. The molecule has 0 aromatic heterocycles. The summed E-state index contributed by atoms with van der Waals surface area (Å²) in [7, 11) is 1.59. The van der Waals surface area contributed by atoms with Crippen molar-refractivity contribution >= 4 is 17.5 Å². The molecule has 1 aromatic rings. The molecule has 1 atom stereocenters. The molecule has 1 unspecified atom stereocenters. The largest absolute Gasteiger partial charge is 0.497 e. The van der Waals surface area contributed by atoms with Gasteiger partial charge in [0.2, 0.25) is 0 Å². The quantitative estimate of drug-likeness (QED) is 0.800. The van der Waals surface area contributed by atoms with Crippen LogP contribution in [-0.4, -0.2) is 24.9 Å². The van der Waals surface area contributed by atoms with Gasteiger partial charge in [0.1, 0.15) is 5.75 Å². The van der Waals surface area contributed by atoms with Gasteiger partial charge in [0.05, 0.1) is 7.11 Å². The van der Waals surface area contributed by atoms with Gasteiger partial charge in [0.15, 0.2) is 0 Å². The van der Waals surface area contributed by atoms with Crippen LogP contribution in [0.25, 0.3) is 0 Å². The van der Waals surface area contributed by atoms with Crippen LogP contribution in [-0.2, 0) is 0 Å². The van der Waals surface area contributed by atoms with Crippen LogP contribution < -0.4 is 10.1 Å². The van der Waals surface area contributed by atoms with Gasteiger partial charge in [0, 0.05) is 17.5 Å². The SMILES string of the molecule is COc1ccc(C(=O)NCC(C)Cl)cc1. The fourth-order valence-corrected chi connectivity index (χ4v) is 1.15. The zero-order chi connectivity index (χ0) is 11.3. The lowest BCUT2D eigenvalue weighted by atomic mass is 10.2. The maximum absolute atomic E-state index is 11.5. The summed E-state index contributed by atoms with van der Waals surface area (Å²) in [5, 5.41) is 2.66. The van der Waals surface area contributed by atoms with Crippen LogP contribution in [0.2, 0.25) is 0 Å². The molecule has 0 aliphatic heterocycles. The molecule has 3 nitrogen and oxygen atoms in total. The van der Waals surface area contributed by atoms with Crippen molar-refractivity contribution < 1.29 is 9.53 Å². The standard InChI is InChI=1S/C11H14ClNO2/c1-8(12)7-13-11(14)9-3-5-10(15-2)6-4-9/h3-6,8H,7H2,1-2H3,(H,13,14). The fourth-order valence-electron chi connectivity index (χ4n) is 1.08. The average Bonchev–Trinajstić information content (AvgIpc) is 2.26. The summed E-state index contributed by atoms with van der Waals surface area (Å²) in [6.45, 7) is 2.29. The second kappa shape index (κ2) is 5.61. The Balaban J connectivity index is 2.58. The summed E-state index contributed by atoms with van der Waals surface area (Å²) in [6.07, 6.45) is 0. The average molecular weight is 228 g/mol. The number of hydrogen-bond acceptors (Lipinski definition) is 2. The summed E-state index contributed by atoms with van der Waals surface area (Å²) in [6, 6.07) is 6.93. The van der Waals surface area contributed by atoms with Gasteiger partial charge >= 0.3 is 0 Å². The number of alkyl halides is 1. The predicted molar refractivity (Wildman–Crippen MR) is 60.6 cm³/mol. The minimum Gasteiger partial charge on any atom is -0.497 e. The number of halogens is 1. The van der Waals surface area contributed by atoms with E-state index in [1.807, 2.05) is 6.92 Å². The van der Waals surface area contributed by atoms with Crippen LogP contribution >= 0.6 is 11.6 Å². The van der Waals surface area contributed by atoms with Crippen LogP contribution in [0.5, 0.6) is 5.75 Å². The molecule has 0 aliphatic rings. The molecule has 4 heteroatoms. The molecule has 0 bridgehead atoms. The van der Waals surface area contributed by atoms with Crippen molar-refractivity contribution in [3.05, 3.63) is 29.8 Å². The van der Waals surface area contributed by atoms with Crippen molar-refractivity contribution in [1.82, 2.24) is 5.32 Å². The number of benzene rings is 1. The van der Waals surface area contributed by atoms with Gasteiger partial charge in [-0.05, 0) is 31.2 Å². The Labute approximate surface area is 94.4 Å². The van der Waals surface area contributed by atoms with E-state index in [1.165, 1.54) is 0 Å². The highest BCUT2D eigenvalue weighted by molar-refractivity contribution is 6.20. The first-order valence-corrected chi connectivity index (χ1v) is 5.13. The molecule has 1 N–H and O–H groups in total. The molecule has 0 saturated carbocycles. The highest BCUT2D eigenvalue weighted by Gasteiger charge is 2.05. The molecule has 0 fully saturated rings. The molecular weight excluding hydrogens is 214 g/mol. The Morgan fingerprint density at radius 1 is 1.47 bits per heavy atom. The molecule has 0 spiro atoms. The van der Waals surface area contributed by atoms with E-state index in [4.69, 9.17) is 16.3 Å². The van der Waals surface area contributed by atoms with Gasteiger partial charge in [-0.2, -0.15) is 0 Å². The molecule has 82 valence electrons. The highest BCUT2D eigenvalue weighted by Crippen LogP contribution is 2.11. The molecule has 0 heterocycles. The monoisotopic (exact) mass is 227 g/mol. The Bertz CT molecular complexity index is 322. The second-order valence-corrected chi connectivity index (χ2v) is 3.96. The van der Waals surface area contributed by atoms with Crippen LogP contribution in [0.3, 0.4) is 0 Å². The van der Waals surface area contributed by atoms with Gasteiger partial charge in [-0.3, -0.25) is 4.79 Å². The Hall–Kier alpha value is -1.22. The van der Waals surface area contributed by atoms with Gasteiger partial charge in [0.25, 0.3) is 5.91 Å². The van der Waals surface area contributed by atoms with Gasteiger partial charge < -0.3 is 10.1 Å². The van der Waals surface area contributed by atoms with Crippen molar-refractivity contribution in [1.29, 1.82) is 0 Å².